The fraction of sp³-hybridized carbons (Fsp3) is 0.111. The van der Waals surface area contributed by atoms with Gasteiger partial charge in [0.1, 0.15) is 0 Å². The van der Waals surface area contributed by atoms with Gasteiger partial charge < -0.3 is 10.6 Å². The number of carbonyl (C=O) groups is 2. The van der Waals surface area contributed by atoms with E-state index in [4.69, 9.17) is 23.2 Å². The summed E-state index contributed by atoms with van der Waals surface area (Å²) < 4.78 is 0. The molecule has 0 spiro atoms. The smallest absolute Gasteiger partial charge is 0.248 e. The van der Waals surface area contributed by atoms with Crippen LogP contribution >= 0.6 is 23.2 Å². The van der Waals surface area contributed by atoms with E-state index in [0.717, 1.165) is 5.56 Å². The maximum atomic E-state index is 12.2. The summed E-state index contributed by atoms with van der Waals surface area (Å²) in [6, 6.07) is 10.5. The summed E-state index contributed by atoms with van der Waals surface area (Å²) in [4.78, 5) is 23.4. The van der Waals surface area contributed by atoms with Crippen molar-refractivity contribution >= 4 is 52.5 Å². The van der Waals surface area contributed by atoms with Crippen LogP contribution in [0.15, 0.2) is 42.5 Å². The number of benzene rings is 2. The number of carbonyl (C=O) groups excluding carboxylic acids is 2. The van der Waals surface area contributed by atoms with Crippen molar-refractivity contribution in [2.75, 3.05) is 10.6 Å². The Labute approximate surface area is 150 Å². The van der Waals surface area contributed by atoms with Crippen LogP contribution in [0.3, 0.4) is 0 Å². The minimum atomic E-state index is -0.358. The van der Waals surface area contributed by atoms with Gasteiger partial charge in [0.15, 0.2) is 0 Å². The zero-order valence-electron chi connectivity index (χ0n) is 13.2. The predicted octanol–water partition coefficient (Wildman–Crippen LogP) is 4.91. The molecule has 0 radical (unpaired) electrons. The topological polar surface area (TPSA) is 58.2 Å². The molecule has 0 saturated carbocycles. The van der Waals surface area contributed by atoms with Gasteiger partial charge in [0.25, 0.3) is 0 Å². The standard InChI is InChI=1S/C18H16Cl2N2O2/c1-11-6-8-16(21-12(2)23)17(10-11)22-18(24)9-7-13-14(19)4-3-5-15(13)20/h3-10H,1-2H3,(H,21,23)(H,22,24)/b9-7+. The molecular weight excluding hydrogens is 347 g/mol. The summed E-state index contributed by atoms with van der Waals surface area (Å²) in [6.45, 7) is 3.30. The van der Waals surface area contributed by atoms with E-state index < -0.39 is 0 Å². The molecule has 0 unspecified atom stereocenters. The highest BCUT2D eigenvalue weighted by atomic mass is 35.5. The van der Waals surface area contributed by atoms with Crippen LogP contribution in [0.25, 0.3) is 6.08 Å². The van der Waals surface area contributed by atoms with Crippen molar-refractivity contribution in [1.82, 2.24) is 0 Å². The Bertz CT molecular complexity index is 796. The number of nitrogens with one attached hydrogen (secondary N) is 2. The predicted molar refractivity (Wildman–Crippen MR) is 99.6 cm³/mol. The van der Waals surface area contributed by atoms with Gasteiger partial charge in [-0.1, -0.05) is 35.3 Å². The van der Waals surface area contributed by atoms with Gasteiger partial charge in [0, 0.05) is 28.6 Å². The number of aryl methyl sites for hydroxylation is 1. The first kappa shape index (κ1) is 18.0. The number of halogens is 2. The number of anilines is 2. The van der Waals surface area contributed by atoms with Gasteiger partial charge in [-0.25, -0.2) is 0 Å². The monoisotopic (exact) mass is 362 g/mol. The number of hydrogen-bond acceptors (Lipinski definition) is 2. The molecule has 0 fully saturated rings. The quantitative estimate of drug-likeness (QED) is 0.758. The van der Waals surface area contributed by atoms with E-state index >= 15 is 0 Å². The van der Waals surface area contributed by atoms with Crippen LogP contribution in [0.1, 0.15) is 18.1 Å². The molecule has 0 aliphatic rings. The summed E-state index contributed by atoms with van der Waals surface area (Å²) >= 11 is 12.1. The van der Waals surface area contributed by atoms with Gasteiger partial charge in [-0.15, -0.1) is 0 Å². The first-order valence-electron chi connectivity index (χ1n) is 7.18. The van der Waals surface area contributed by atoms with Gasteiger partial charge >= 0.3 is 0 Å². The molecule has 2 aromatic carbocycles. The molecule has 2 amide bonds. The van der Waals surface area contributed by atoms with Crippen molar-refractivity contribution < 1.29 is 9.59 Å². The van der Waals surface area contributed by atoms with Crippen molar-refractivity contribution in [3.05, 3.63) is 63.6 Å². The summed E-state index contributed by atoms with van der Waals surface area (Å²) in [5, 5.41) is 6.34. The molecule has 0 atom stereocenters. The fourth-order valence-corrected chi connectivity index (χ4v) is 2.59. The first-order chi connectivity index (χ1) is 11.4. The molecule has 0 saturated heterocycles. The van der Waals surface area contributed by atoms with Gasteiger partial charge in [-0.2, -0.15) is 0 Å². The number of rotatable bonds is 4. The van der Waals surface area contributed by atoms with Crippen LogP contribution < -0.4 is 10.6 Å². The molecule has 2 N–H and O–H groups in total. The first-order valence-corrected chi connectivity index (χ1v) is 7.93. The van der Waals surface area contributed by atoms with Gasteiger partial charge in [-0.05, 0) is 42.8 Å². The van der Waals surface area contributed by atoms with E-state index in [9.17, 15) is 9.59 Å². The third-order valence-electron chi connectivity index (χ3n) is 3.14. The van der Waals surface area contributed by atoms with Crippen molar-refractivity contribution in [3.63, 3.8) is 0 Å². The van der Waals surface area contributed by atoms with Crippen LogP contribution in [-0.4, -0.2) is 11.8 Å². The molecule has 0 aliphatic carbocycles. The summed E-state index contributed by atoms with van der Waals surface area (Å²) in [6.07, 6.45) is 2.89. The molecule has 4 nitrogen and oxygen atoms in total. The molecule has 0 aliphatic heterocycles. The molecule has 0 aromatic heterocycles. The lowest BCUT2D eigenvalue weighted by Crippen LogP contribution is -2.13. The van der Waals surface area contributed by atoms with Crippen LogP contribution in [0.5, 0.6) is 0 Å². The van der Waals surface area contributed by atoms with E-state index in [0.29, 0.717) is 27.0 Å². The van der Waals surface area contributed by atoms with Crippen molar-refractivity contribution in [2.24, 2.45) is 0 Å². The van der Waals surface area contributed by atoms with E-state index in [1.807, 2.05) is 13.0 Å². The molecule has 2 aromatic rings. The molecule has 0 bridgehead atoms. The normalized spacial score (nSPS) is 10.7. The summed E-state index contributed by atoms with van der Waals surface area (Å²) in [5.74, 6) is -0.573. The van der Waals surface area contributed by atoms with E-state index in [2.05, 4.69) is 10.6 Å². The summed E-state index contributed by atoms with van der Waals surface area (Å²) in [5.41, 5.74) is 2.58. The third kappa shape index (κ3) is 4.85. The largest absolute Gasteiger partial charge is 0.325 e. The van der Waals surface area contributed by atoms with Crippen LogP contribution in [0, 0.1) is 6.92 Å². The van der Waals surface area contributed by atoms with Gasteiger partial charge in [-0.3, -0.25) is 9.59 Å². The third-order valence-corrected chi connectivity index (χ3v) is 3.80. The van der Waals surface area contributed by atoms with Crippen molar-refractivity contribution in [1.29, 1.82) is 0 Å². The molecule has 2 rings (SSSR count). The Balaban J connectivity index is 2.19. The highest BCUT2D eigenvalue weighted by Gasteiger charge is 2.08. The van der Waals surface area contributed by atoms with Crippen LogP contribution in [-0.2, 0) is 9.59 Å². The second-order valence-corrected chi connectivity index (χ2v) is 6.00. The van der Waals surface area contributed by atoms with Gasteiger partial charge in [0.05, 0.1) is 11.4 Å². The van der Waals surface area contributed by atoms with E-state index in [-0.39, 0.29) is 11.8 Å². The van der Waals surface area contributed by atoms with Gasteiger partial charge in [0.2, 0.25) is 11.8 Å². The minimum Gasteiger partial charge on any atom is -0.325 e. The Morgan fingerprint density at radius 3 is 2.29 bits per heavy atom. The van der Waals surface area contributed by atoms with Crippen molar-refractivity contribution in [3.8, 4) is 0 Å². The SMILES string of the molecule is CC(=O)Nc1ccc(C)cc1NC(=O)/C=C/c1c(Cl)cccc1Cl. The second-order valence-electron chi connectivity index (χ2n) is 5.19. The maximum Gasteiger partial charge on any atom is 0.248 e. The maximum absolute atomic E-state index is 12.2. The van der Waals surface area contributed by atoms with Crippen LogP contribution in [0.4, 0.5) is 11.4 Å². The van der Waals surface area contributed by atoms with E-state index in [1.54, 1.807) is 36.4 Å². The average molecular weight is 363 g/mol. The zero-order valence-corrected chi connectivity index (χ0v) is 14.7. The molecule has 24 heavy (non-hydrogen) atoms. The lowest BCUT2D eigenvalue weighted by molar-refractivity contribution is -0.114. The molecular formula is C18H16Cl2N2O2. The minimum absolute atomic E-state index is 0.215. The molecule has 0 heterocycles. The van der Waals surface area contributed by atoms with E-state index in [1.165, 1.54) is 13.0 Å². The Morgan fingerprint density at radius 1 is 1.00 bits per heavy atom. The van der Waals surface area contributed by atoms with Crippen LogP contribution in [0.2, 0.25) is 10.0 Å². The zero-order chi connectivity index (χ0) is 17.7. The lowest BCUT2D eigenvalue weighted by Gasteiger charge is -2.11. The van der Waals surface area contributed by atoms with Crippen molar-refractivity contribution in [2.45, 2.75) is 13.8 Å². The lowest BCUT2D eigenvalue weighted by atomic mass is 10.1. The summed E-state index contributed by atoms with van der Waals surface area (Å²) in [7, 11) is 0. The fourth-order valence-electron chi connectivity index (χ4n) is 2.06. The Morgan fingerprint density at radius 2 is 1.67 bits per heavy atom. The second kappa shape index (κ2) is 7.99. The Hall–Kier alpha value is -2.30. The molecule has 124 valence electrons. The Kier molecular flexibility index (Phi) is 6.01. The average Bonchev–Trinajstić information content (AvgIpc) is 2.49. The highest BCUT2D eigenvalue weighted by Crippen LogP contribution is 2.26. The number of hydrogen-bond donors (Lipinski definition) is 2. The highest BCUT2D eigenvalue weighted by molar-refractivity contribution is 6.37. The number of amides is 2. The molecule has 6 heteroatoms.